The summed E-state index contributed by atoms with van der Waals surface area (Å²) in [6.07, 6.45) is 1.98. The fraction of sp³-hybridized carbons (Fsp3) is 0.571. The predicted molar refractivity (Wildman–Crippen MR) is 129 cm³/mol. The minimum Gasteiger partial charge on any atom is -0.494 e. The normalized spacial score (nSPS) is 13.6. The SMILES string of the molecule is CCCOc1ccc2c(c1)CCN(C(=NCc1nnc(C)n1C)NCCOC)C2.I. The lowest BCUT2D eigenvalue weighted by Gasteiger charge is -2.32. The van der Waals surface area contributed by atoms with Gasteiger partial charge in [0.1, 0.15) is 18.1 Å². The average Bonchev–Trinajstić information content (AvgIpc) is 3.06. The van der Waals surface area contributed by atoms with Crippen LogP contribution in [0.25, 0.3) is 0 Å². The second-order valence-electron chi connectivity index (χ2n) is 7.23. The van der Waals surface area contributed by atoms with Crippen molar-refractivity contribution in [2.75, 3.05) is 33.4 Å². The molecule has 3 rings (SSSR count). The molecule has 1 aliphatic rings. The van der Waals surface area contributed by atoms with Gasteiger partial charge in [-0.25, -0.2) is 4.99 Å². The number of nitrogens with zero attached hydrogens (tertiary/aromatic N) is 5. The molecule has 2 aromatic rings. The topological polar surface area (TPSA) is 76.8 Å². The number of hydrogen-bond donors (Lipinski definition) is 1. The molecule has 0 unspecified atom stereocenters. The van der Waals surface area contributed by atoms with E-state index in [1.54, 1.807) is 7.11 Å². The summed E-state index contributed by atoms with van der Waals surface area (Å²) in [5.41, 5.74) is 2.67. The Labute approximate surface area is 196 Å². The van der Waals surface area contributed by atoms with Crippen molar-refractivity contribution < 1.29 is 9.47 Å². The highest BCUT2D eigenvalue weighted by Gasteiger charge is 2.20. The number of aromatic nitrogens is 3. The number of methoxy groups -OCH3 is 1. The number of aliphatic imine (C=N–C) groups is 1. The van der Waals surface area contributed by atoms with E-state index >= 15 is 0 Å². The first-order valence-electron chi connectivity index (χ1n) is 10.2. The van der Waals surface area contributed by atoms with Crippen molar-refractivity contribution in [1.82, 2.24) is 25.0 Å². The molecule has 1 aromatic heterocycles. The fourth-order valence-electron chi connectivity index (χ4n) is 3.29. The van der Waals surface area contributed by atoms with Gasteiger partial charge in [0.05, 0.1) is 13.2 Å². The van der Waals surface area contributed by atoms with Gasteiger partial charge in [-0.3, -0.25) is 0 Å². The van der Waals surface area contributed by atoms with Gasteiger partial charge in [-0.1, -0.05) is 13.0 Å². The molecule has 9 heteroatoms. The van der Waals surface area contributed by atoms with Crippen molar-refractivity contribution in [3.05, 3.63) is 41.0 Å². The van der Waals surface area contributed by atoms with Crippen molar-refractivity contribution in [1.29, 1.82) is 0 Å². The molecule has 166 valence electrons. The zero-order valence-electron chi connectivity index (χ0n) is 18.3. The van der Waals surface area contributed by atoms with E-state index in [9.17, 15) is 0 Å². The maximum Gasteiger partial charge on any atom is 0.194 e. The quantitative estimate of drug-likeness (QED) is 0.246. The summed E-state index contributed by atoms with van der Waals surface area (Å²) in [6, 6.07) is 6.42. The first-order chi connectivity index (χ1) is 14.1. The van der Waals surface area contributed by atoms with E-state index in [0.29, 0.717) is 19.7 Å². The van der Waals surface area contributed by atoms with Crippen LogP contribution in [0, 0.1) is 6.92 Å². The lowest BCUT2D eigenvalue weighted by molar-refractivity contribution is 0.202. The van der Waals surface area contributed by atoms with E-state index in [2.05, 4.69) is 45.5 Å². The van der Waals surface area contributed by atoms with Crippen molar-refractivity contribution in [2.45, 2.75) is 39.8 Å². The van der Waals surface area contributed by atoms with Crippen LogP contribution in [0.15, 0.2) is 23.2 Å². The summed E-state index contributed by atoms with van der Waals surface area (Å²) in [4.78, 5) is 7.11. The molecule has 0 spiro atoms. The molecule has 1 N–H and O–H groups in total. The molecule has 2 heterocycles. The lowest BCUT2D eigenvalue weighted by atomic mass is 9.99. The van der Waals surface area contributed by atoms with Gasteiger partial charge in [0, 0.05) is 33.8 Å². The van der Waals surface area contributed by atoms with Gasteiger partial charge in [0.25, 0.3) is 0 Å². The fourth-order valence-corrected chi connectivity index (χ4v) is 3.29. The van der Waals surface area contributed by atoms with Crippen LogP contribution in [0.4, 0.5) is 0 Å². The Hall–Kier alpha value is -1.88. The van der Waals surface area contributed by atoms with E-state index in [-0.39, 0.29) is 24.0 Å². The summed E-state index contributed by atoms with van der Waals surface area (Å²) in [7, 11) is 3.67. The largest absolute Gasteiger partial charge is 0.494 e. The van der Waals surface area contributed by atoms with Crippen LogP contribution in [0.2, 0.25) is 0 Å². The molecule has 1 aromatic carbocycles. The molecule has 0 radical (unpaired) electrons. The lowest BCUT2D eigenvalue weighted by Crippen LogP contribution is -2.45. The summed E-state index contributed by atoms with van der Waals surface area (Å²) in [5.74, 6) is 3.57. The Balaban J connectivity index is 0.00000320. The molecular weight excluding hydrogens is 495 g/mol. The highest BCUT2D eigenvalue weighted by Crippen LogP contribution is 2.24. The smallest absolute Gasteiger partial charge is 0.194 e. The molecule has 0 bridgehead atoms. The highest BCUT2D eigenvalue weighted by molar-refractivity contribution is 14.0. The molecule has 0 saturated carbocycles. The summed E-state index contributed by atoms with van der Waals surface area (Å²) in [5, 5.41) is 11.8. The minimum atomic E-state index is 0. The van der Waals surface area contributed by atoms with Crippen LogP contribution in [0.5, 0.6) is 5.75 Å². The first-order valence-corrected chi connectivity index (χ1v) is 10.2. The van der Waals surface area contributed by atoms with E-state index in [1.165, 1.54) is 11.1 Å². The zero-order chi connectivity index (χ0) is 20.6. The van der Waals surface area contributed by atoms with Crippen LogP contribution >= 0.6 is 24.0 Å². The number of guanidine groups is 1. The van der Waals surface area contributed by atoms with Gasteiger partial charge in [-0.15, -0.1) is 34.2 Å². The molecule has 1 aliphatic heterocycles. The van der Waals surface area contributed by atoms with Gasteiger partial charge < -0.3 is 24.3 Å². The van der Waals surface area contributed by atoms with Gasteiger partial charge in [-0.05, 0) is 43.0 Å². The van der Waals surface area contributed by atoms with E-state index in [1.807, 2.05) is 18.5 Å². The van der Waals surface area contributed by atoms with Gasteiger partial charge in [0.2, 0.25) is 0 Å². The van der Waals surface area contributed by atoms with Crippen LogP contribution in [-0.2, 0) is 31.3 Å². The van der Waals surface area contributed by atoms with Crippen LogP contribution in [0.1, 0.15) is 36.1 Å². The number of hydrogen-bond acceptors (Lipinski definition) is 5. The van der Waals surface area contributed by atoms with Crippen molar-refractivity contribution in [2.24, 2.45) is 12.0 Å². The Morgan fingerprint density at radius 3 is 2.77 bits per heavy atom. The van der Waals surface area contributed by atoms with E-state index < -0.39 is 0 Å². The number of halogens is 1. The molecule has 0 amide bonds. The average molecular weight is 528 g/mol. The van der Waals surface area contributed by atoms with Gasteiger partial charge >= 0.3 is 0 Å². The highest BCUT2D eigenvalue weighted by atomic mass is 127. The number of benzene rings is 1. The third-order valence-electron chi connectivity index (χ3n) is 5.10. The van der Waals surface area contributed by atoms with Crippen LogP contribution < -0.4 is 10.1 Å². The Bertz CT molecular complexity index is 839. The Morgan fingerprint density at radius 2 is 2.07 bits per heavy atom. The Morgan fingerprint density at radius 1 is 1.23 bits per heavy atom. The third-order valence-corrected chi connectivity index (χ3v) is 5.10. The zero-order valence-corrected chi connectivity index (χ0v) is 20.7. The molecule has 30 heavy (non-hydrogen) atoms. The molecule has 0 aliphatic carbocycles. The van der Waals surface area contributed by atoms with Gasteiger partial charge in [0.15, 0.2) is 11.8 Å². The third kappa shape index (κ3) is 6.31. The number of fused-ring (bicyclic) bond motifs is 1. The number of rotatable bonds is 8. The van der Waals surface area contributed by atoms with Crippen molar-refractivity contribution in [3.8, 4) is 5.75 Å². The number of aryl methyl sites for hydroxylation is 1. The molecular formula is C21H33IN6O2. The van der Waals surface area contributed by atoms with Crippen molar-refractivity contribution >= 4 is 29.9 Å². The maximum atomic E-state index is 5.78. The minimum absolute atomic E-state index is 0. The van der Waals surface area contributed by atoms with Crippen molar-refractivity contribution in [3.63, 3.8) is 0 Å². The second-order valence-corrected chi connectivity index (χ2v) is 7.23. The summed E-state index contributed by atoms with van der Waals surface area (Å²) in [6.45, 7) is 8.37. The second kappa shape index (κ2) is 12.1. The number of nitrogens with one attached hydrogen (secondary N) is 1. The molecule has 8 nitrogen and oxygen atoms in total. The molecule has 0 saturated heterocycles. The summed E-state index contributed by atoms with van der Waals surface area (Å²) >= 11 is 0. The maximum absolute atomic E-state index is 5.78. The van der Waals surface area contributed by atoms with Crippen LogP contribution in [-0.4, -0.2) is 59.0 Å². The van der Waals surface area contributed by atoms with E-state index in [0.717, 1.165) is 55.9 Å². The van der Waals surface area contributed by atoms with Crippen LogP contribution in [0.3, 0.4) is 0 Å². The summed E-state index contributed by atoms with van der Waals surface area (Å²) < 4.78 is 12.9. The predicted octanol–water partition coefficient (Wildman–Crippen LogP) is 2.68. The molecule has 0 atom stereocenters. The Kier molecular flexibility index (Phi) is 9.83. The van der Waals surface area contributed by atoms with E-state index in [4.69, 9.17) is 14.5 Å². The number of ether oxygens (including phenoxy) is 2. The van der Waals surface area contributed by atoms with Gasteiger partial charge in [-0.2, -0.15) is 0 Å². The standard InChI is InChI=1S/C21H32N6O2.HI/c1-5-11-29-19-7-6-18-15-27(10-8-17(18)13-19)21(22-9-12-28-4)23-14-20-25-24-16(2)26(20)3;/h6-7,13H,5,8-12,14-15H2,1-4H3,(H,22,23);1H. The monoisotopic (exact) mass is 528 g/mol. The molecule has 0 fully saturated rings. The first kappa shape index (κ1) is 24.4.